The number of nitrogens with one attached hydrogen (secondary N) is 1. The number of piperazine rings is 1. The highest BCUT2D eigenvalue weighted by Gasteiger charge is 2.20. The lowest BCUT2D eigenvalue weighted by atomic mass is 10.2. The van der Waals surface area contributed by atoms with Gasteiger partial charge in [-0.05, 0) is 23.8 Å². The molecule has 0 unspecified atom stereocenters. The smallest absolute Gasteiger partial charge is 0.234 e. The zero-order chi connectivity index (χ0) is 17.6. The number of halogens is 2. The molecule has 1 heterocycles. The highest BCUT2D eigenvalue weighted by molar-refractivity contribution is 6.33. The highest BCUT2D eigenvalue weighted by Crippen LogP contribution is 2.25. The standard InChI is InChI=1S/C19H21Cl2N3O/c20-16-6-2-1-5-15(16)13-22-19(25)14-23-9-11-24(12-10-23)18-8-4-3-7-17(18)21/h1-8H,9-14H2,(H,22,25). The van der Waals surface area contributed by atoms with Crippen molar-refractivity contribution in [2.45, 2.75) is 6.54 Å². The fourth-order valence-electron chi connectivity index (χ4n) is 2.95. The van der Waals surface area contributed by atoms with E-state index in [-0.39, 0.29) is 5.91 Å². The topological polar surface area (TPSA) is 35.6 Å². The van der Waals surface area contributed by atoms with E-state index in [1.807, 2.05) is 48.5 Å². The van der Waals surface area contributed by atoms with Gasteiger partial charge in [0.25, 0.3) is 0 Å². The number of amides is 1. The second-order valence-electron chi connectivity index (χ2n) is 6.08. The van der Waals surface area contributed by atoms with Crippen LogP contribution in [-0.4, -0.2) is 43.5 Å². The number of hydrogen-bond acceptors (Lipinski definition) is 3. The molecule has 4 nitrogen and oxygen atoms in total. The van der Waals surface area contributed by atoms with Crippen LogP contribution in [0.4, 0.5) is 5.69 Å². The third kappa shape index (κ3) is 4.88. The third-order valence-corrected chi connectivity index (χ3v) is 5.05. The lowest BCUT2D eigenvalue weighted by Crippen LogP contribution is -2.49. The number of benzene rings is 2. The second kappa shape index (κ2) is 8.56. The monoisotopic (exact) mass is 377 g/mol. The Labute approximate surface area is 158 Å². The Balaban J connectivity index is 1.45. The molecule has 25 heavy (non-hydrogen) atoms. The zero-order valence-corrected chi connectivity index (χ0v) is 15.4. The molecule has 1 aliphatic heterocycles. The normalized spacial score (nSPS) is 15.2. The number of carbonyl (C=O) groups is 1. The fourth-order valence-corrected chi connectivity index (χ4v) is 3.41. The Morgan fingerprint density at radius 1 is 0.920 bits per heavy atom. The SMILES string of the molecule is O=C(CN1CCN(c2ccccc2Cl)CC1)NCc1ccccc1Cl. The maximum absolute atomic E-state index is 12.2. The molecule has 0 saturated carbocycles. The van der Waals surface area contributed by atoms with Crippen molar-refractivity contribution < 1.29 is 4.79 Å². The van der Waals surface area contributed by atoms with Crippen LogP contribution in [0.5, 0.6) is 0 Å². The van der Waals surface area contributed by atoms with Gasteiger partial charge in [0.1, 0.15) is 0 Å². The largest absolute Gasteiger partial charge is 0.368 e. The van der Waals surface area contributed by atoms with Gasteiger partial charge in [-0.25, -0.2) is 0 Å². The van der Waals surface area contributed by atoms with Gasteiger partial charge >= 0.3 is 0 Å². The Kier molecular flexibility index (Phi) is 6.19. The summed E-state index contributed by atoms with van der Waals surface area (Å²) in [4.78, 5) is 16.6. The van der Waals surface area contributed by atoms with Gasteiger partial charge in [0.2, 0.25) is 5.91 Å². The van der Waals surface area contributed by atoms with Crippen molar-refractivity contribution in [3.05, 3.63) is 64.1 Å². The van der Waals surface area contributed by atoms with E-state index in [4.69, 9.17) is 23.2 Å². The van der Waals surface area contributed by atoms with Crippen LogP contribution in [0.3, 0.4) is 0 Å². The summed E-state index contributed by atoms with van der Waals surface area (Å²) in [7, 11) is 0. The van der Waals surface area contributed by atoms with Crippen LogP contribution in [0.15, 0.2) is 48.5 Å². The number of hydrogen-bond donors (Lipinski definition) is 1. The molecule has 2 aromatic rings. The molecule has 2 aromatic carbocycles. The van der Waals surface area contributed by atoms with Crippen molar-refractivity contribution >= 4 is 34.8 Å². The van der Waals surface area contributed by atoms with E-state index in [0.717, 1.165) is 42.5 Å². The van der Waals surface area contributed by atoms with Gasteiger partial charge in [-0.15, -0.1) is 0 Å². The minimum atomic E-state index is 0.0195. The molecular formula is C19H21Cl2N3O. The van der Waals surface area contributed by atoms with E-state index in [1.165, 1.54) is 0 Å². The van der Waals surface area contributed by atoms with Crippen molar-refractivity contribution in [3.63, 3.8) is 0 Å². The van der Waals surface area contributed by atoms with Gasteiger partial charge in [0, 0.05) is 37.7 Å². The summed E-state index contributed by atoms with van der Waals surface area (Å²) >= 11 is 12.4. The summed E-state index contributed by atoms with van der Waals surface area (Å²) in [5.41, 5.74) is 1.99. The molecule has 132 valence electrons. The summed E-state index contributed by atoms with van der Waals surface area (Å²) in [5.74, 6) is 0.0195. The quantitative estimate of drug-likeness (QED) is 0.866. The summed E-state index contributed by atoms with van der Waals surface area (Å²) in [6.07, 6.45) is 0. The first kappa shape index (κ1) is 18.1. The lowest BCUT2D eigenvalue weighted by Gasteiger charge is -2.36. The Bertz CT molecular complexity index is 730. The number of rotatable bonds is 5. The number of anilines is 1. The minimum Gasteiger partial charge on any atom is -0.368 e. The van der Waals surface area contributed by atoms with Crippen LogP contribution in [0.25, 0.3) is 0 Å². The molecule has 0 bridgehead atoms. The van der Waals surface area contributed by atoms with Crippen LogP contribution < -0.4 is 10.2 Å². The van der Waals surface area contributed by atoms with E-state index < -0.39 is 0 Å². The van der Waals surface area contributed by atoms with Crippen molar-refractivity contribution in [2.24, 2.45) is 0 Å². The number of nitrogens with zero attached hydrogens (tertiary/aromatic N) is 2. The van der Waals surface area contributed by atoms with Crippen molar-refractivity contribution in [2.75, 3.05) is 37.6 Å². The molecule has 0 spiro atoms. The fraction of sp³-hybridized carbons (Fsp3) is 0.316. The maximum atomic E-state index is 12.2. The molecular weight excluding hydrogens is 357 g/mol. The first-order chi connectivity index (χ1) is 12.1. The molecule has 1 saturated heterocycles. The minimum absolute atomic E-state index is 0.0195. The van der Waals surface area contributed by atoms with Crippen LogP contribution in [0, 0.1) is 0 Å². The van der Waals surface area contributed by atoms with E-state index in [1.54, 1.807) is 0 Å². The molecule has 1 amide bonds. The Morgan fingerprint density at radius 2 is 1.56 bits per heavy atom. The van der Waals surface area contributed by atoms with E-state index in [0.29, 0.717) is 18.1 Å². The van der Waals surface area contributed by atoms with E-state index >= 15 is 0 Å². The predicted octanol–water partition coefficient (Wildman–Crippen LogP) is 3.43. The second-order valence-corrected chi connectivity index (χ2v) is 6.90. The van der Waals surface area contributed by atoms with Crippen LogP contribution >= 0.6 is 23.2 Å². The summed E-state index contributed by atoms with van der Waals surface area (Å²) in [6, 6.07) is 15.4. The molecule has 0 aromatic heterocycles. The van der Waals surface area contributed by atoms with Gasteiger partial charge in [-0.1, -0.05) is 53.5 Å². The number of para-hydroxylation sites is 1. The number of carbonyl (C=O) groups excluding carboxylic acids is 1. The van der Waals surface area contributed by atoms with Gasteiger partial charge < -0.3 is 10.2 Å². The summed E-state index contributed by atoms with van der Waals surface area (Å²) in [6.45, 7) is 4.26. The zero-order valence-electron chi connectivity index (χ0n) is 13.9. The van der Waals surface area contributed by atoms with E-state index in [9.17, 15) is 4.79 Å². The van der Waals surface area contributed by atoms with Crippen LogP contribution in [-0.2, 0) is 11.3 Å². The van der Waals surface area contributed by atoms with E-state index in [2.05, 4.69) is 15.1 Å². The molecule has 1 N–H and O–H groups in total. The summed E-state index contributed by atoms with van der Waals surface area (Å²) in [5, 5.41) is 4.39. The molecule has 0 atom stereocenters. The first-order valence-corrected chi connectivity index (χ1v) is 9.11. The van der Waals surface area contributed by atoms with Crippen molar-refractivity contribution in [3.8, 4) is 0 Å². The van der Waals surface area contributed by atoms with Gasteiger partial charge in [0.15, 0.2) is 0 Å². The molecule has 0 aliphatic carbocycles. The van der Waals surface area contributed by atoms with Gasteiger partial charge in [-0.2, -0.15) is 0 Å². The molecule has 1 aliphatic rings. The van der Waals surface area contributed by atoms with Gasteiger partial charge in [-0.3, -0.25) is 9.69 Å². The molecule has 1 fully saturated rings. The Hall–Kier alpha value is -1.75. The average Bonchev–Trinajstić information content (AvgIpc) is 2.62. The maximum Gasteiger partial charge on any atom is 0.234 e. The van der Waals surface area contributed by atoms with Crippen LogP contribution in [0.1, 0.15) is 5.56 Å². The lowest BCUT2D eigenvalue weighted by molar-refractivity contribution is -0.122. The Morgan fingerprint density at radius 3 is 2.24 bits per heavy atom. The highest BCUT2D eigenvalue weighted by atomic mass is 35.5. The van der Waals surface area contributed by atoms with Gasteiger partial charge in [0.05, 0.1) is 17.3 Å². The molecule has 0 radical (unpaired) electrons. The third-order valence-electron chi connectivity index (χ3n) is 4.37. The van der Waals surface area contributed by atoms with Crippen molar-refractivity contribution in [1.82, 2.24) is 10.2 Å². The average molecular weight is 378 g/mol. The first-order valence-electron chi connectivity index (χ1n) is 8.35. The summed E-state index contributed by atoms with van der Waals surface area (Å²) < 4.78 is 0. The van der Waals surface area contributed by atoms with Crippen LogP contribution in [0.2, 0.25) is 10.0 Å². The van der Waals surface area contributed by atoms with Crippen molar-refractivity contribution in [1.29, 1.82) is 0 Å². The predicted molar refractivity (Wildman–Crippen MR) is 103 cm³/mol. The molecule has 6 heteroatoms. The molecule has 3 rings (SSSR count).